The number of rotatable bonds is 6. The molecular weight excluding hydrogens is 220 g/mol. The number of hydrogen-bond acceptors (Lipinski definition) is 3. The van der Waals surface area contributed by atoms with Crippen LogP contribution in [0.15, 0.2) is 29.2 Å². The summed E-state index contributed by atoms with van der Waals surface area (Å²) in [6.07, 6.45) is 0.292. The topological polar surface area (TPSA) is 26.3 Å². The number of ketones is 1. The lowest BCUT2D eigenvalue weighted by Gasteiger charge is -2.07. The molecule has 16 heavy (non-hydrogen) atoms. The Kier molecular flexibility index (Phi) is 5.56. The summed E-state index contributed by atoms with van der Waals surface area (Å²) in [6.45, 7) is 6.41. The molecule has 88 valence electrons. The molecule has 2 nitrogen and oxygen atoms in total. The monoisotopic (exact) mass is 238 g/mol. The molecule has 0 fully saturated rings. The van der Waals surface area contributed by atoms with Crippen LogP contribution in [-0.2, 0) is 4.74 Å². The molecule has 0 aromatic heterocycles. The molecule has 1 aromatic rings. The van der Waals surface area contributed by atoms with Gasteiger partial charge in [0, 0.05) is 16.2 Å². The van der Waals surface area contributed by atoms with E-state index in [0.717, 1.165) is 17.9 Å². The molecule has 0 saturated heterocycles. The molecular formula is C13H18O2S. The molecule has 0 radical (unpaired) electrons. The highest BCUT2D eigenvalue weighted by Gasteiger charge is 1.99. The summed E-state index contributed by atoms with van der Waals surface area (Å²) in [6, 6.07) is 7.70. The number of Topliss-reactive ketones (excluding diaryl/α,β-unsaturated/α-hetero) is 1. The molecule has 0 unspecified atom stereocenters. The third-order valence-corrected chi connectivity index (χ3v) is 3.04. The van der Waals surface area contributed by atoms with E-state index in [-0.39, 0.29) is 5.78 Å². The Hall–Kier alpha value is -0.800. The number of hydrogen-bond donors (Lipinski definition) is 0. The first-order valence-electron chi connectivity index (χ1n) is 5.45. The van der Waals surface area contributed by atoms with Crippen molar-refractivity contribution < 1.29 is 9.53 Å². The van der Waals surface area contributed by atoms with Gasteiger partial charge in [-0.1, -0.05) is 12.1 Å². The number of carbonyl (C=O) groups is 1. The maximum absolute atomic E-state index is 11.1. The lowest BCUT2D eigenvalue weighted by atomic mass is 10.2. The first-order valence-corrected chi connectivity index (χ1v) is 6.43. The van der Waals surface area contributed by atoms with Gasteiger partial charge in [-0.25, -0.2) is 0 Å². The zero-order valence-corrected chi connectivity index (χ0v) is 10.8. The maximum atomic E-state index is 11.1. The number of carbonyl (C=O) groups excluding carboxylic acids is 1. The average molecular weight is 238 g/mol. The van der Waals surface area contributed by atoms with Crippen molar-refractivity contribution in [1.29, 1.82) is 0 Å². The quantitative estimate of drug-likeness (QED) is 0.431. The molecule has 0 aliphatic rings. The van der Waals surface area contributed by atoms with Crippen molar-refractivity contribution in [1.82, 2.24) is 0 Å². The minimum atomic E-state index is 0.111. The highest BCUT2D eigenvalue weighted by atomic mass is 32.2. The summed E-state index contributed by atoms with van der Waals surface area (Å²) in [4.78, 5) is 12.2. The van der Waals surface area contributed by atoms with Crippen molar-refractivity contribution in [2.45, 2.75) is 31.8 Å². The van der Waals surface area contributed by atoms with Crippen molar-refractivity contribution in [2.75, 3.05) is 12.4 Å². The first-order chi connectivity index (χ1) is 7.59. The van der Waals surface area contributed by atoms with E-state index in [2.05, 4.69) is 0 Å². The second-order valence-corrected chi connectivity index (χ2v) is 5.02. The Balaban J connectivity index is 2.35. The lowest BCUT2D eigenvalue weighted by molar-refractivity contribution is 0.0920. The van der Waals surface area contributed by atoms with Crippen LogP contribution >= 0.6 is 11.8 Å². The molecule has 0 aliphatic carbocycles. The summed E-state index contributed by atoms with van der Waals surface area (Å²) in [7, 11) is 0. The van der Waals surface area contributed by atoms with Gasteiger partial charge in [-0.3, -0.25) is 4.79 Å². The van der Waals surface area contributed by atoms with Gasteiger partial charge in [0.2, 0.25) is 0 Å². The summed E-state index contributed by atoms with van der Waals surface area (Å²) in [5, 5.41) is 0. The van der Waals surface area contributed by atoms with Crippen molar-refractivity contribution in [3.63, 3.8) is 0 Å². The van der Waals surface area contributed by atoms with Gasteiger partial charge in [0.1, 0.15) is 0 Å². The normalized spacial score (nSPS) is 10.8. The van der Waals surface area contributed by atoms with Crippen LogP contribution in [0.1, 0.15) is 31.1 Å². The number of ether oxygens (including phenoxy) is 1. The minimum absolute atomic E-state index is 0.111. The SMILES string of the molecule is CC(=O)c1ccc(SCCOC(C)C)cc1. The van der Waals surface area contributed by atoms with Crippen LogP contribution in [0.4, 0.5) is 0 Å². The molecule has 0 spiro atoms. The average Bonchev–Trinajstić information content (AvgIpc) is 2.25. The van der Waals surface area contributed by atoms with E-state index in [1.807, 2.05) is 38.1 Å². The minimum Gasteiger partial charge on any atom is -0.378 e. The van der Waals surface area contributed by atoms with Crippen molar-refractivity contribution in [2.24, 2.45) is 0 Å². The van der Waals surface area contributed by atoms with E-state index in [4.69, 9.17) is 4.74 Å². The Morgan fingerprint density at radius 3 is 2.44 bits per heavy atom. The summed E-state index contributed by atoms with van der Waals surface area (Å²) in [5.74, 6) is 1.05. The van der Waals surface area contributed by atoms with Gasteiger partial charge in [-0.2, -0.15) is 0 Å². The van der Waals surface area contributed by atoms with E-state index < -0.39 is 0 Å². The molecule has 1 rings (SSSR count). The molecule has 3 heteroatoms. The highest BCUT2D eigenvalue weighted by Crippen LogP contribution is 2.18. The maximum Gasteiger partial charge on any atom is 0.159 e. The molecule has 0 atom stereocenters. The molecule has 0 saturated carbocycles. The van der Waals surface area contributed by atoms with Crippen LogP contribution in [0.2, 0.25) is 0 Å². The fraction of sp³-hybridized carbons (Fsp3) is 0.462. The van der Waals surface area contributed by atoms with Gasteiger partial charge in [-0.05, 0) is 32.9 Å². The summed E-state index contributed by atoms with van der Waals surface area (Å²) in [5.41, 5.74) is 0.766. The highest BCUT2D eigenvalue weighted by molar-refractivity contribution is 7.99. The van der Waals surface area contributed by atoms with Crippen LogP contribution < -0.4 is 0 Å². The third kappa shape index (κ3) is 4.81. The molecule has 1 aromatic carbocycles. The molecule has 0 amide bonds. The van der Waals surface area contributed by atoms with Crippen LogP contribution in [0.25, 0.3) is 0 Å². The fourth-order valence-electron chi connectivity index (χ4n) is 1.23. The molecule has 0 N–H and O–H groups in total. The van der Waals surface area contributed by atoms with Crippen LogP contribution in [-0.4, -0.2) is 24.2 Å². The van der Waals surface area contributed by atoms with Gasteiger partial charge in [0.05, 0.1) is 12.7 Å². The predicted molar refractivity (Wildman–Crippen MR) is 68.3 cm³/mol. The number of thioether (sulfide) groups is 1. The van der Waals surface area contributed by atoms with Gasteiger partial charge < -0.3 is 4.74 Å². The smallest absolute Gasteiger partial charge is 0.159 e. The molecule has 0 bridgehead atoms. The van der Waals surface area contributed by atoms with Crippen LogP contribution in [0, 0.1) is 0 Å². The van der Waals surface area contributed by atoms with E-state index in [9.17, 15) is 4.79 Å². The third-order valence-electron chi connectivity index (χ3n) is 2.06. The van der Waals surface area contributed by atoms with Crippen molar-refractivity contribution in [3.8, 4) is 0 Å². The van der Waals surface area contributed by atoms with E-state index in [1.165, 1.54) is 4.90 Å². The lowest BCUT2D eigenvalue weighted by Crippen LogP contribution is -2.05. The first kappa shape index (κ1) is 13.3. The van der Waals surface area contributed by atoms with Gasteiger partial charge in [-0.15, -0.1) is 11.8 Å². The molecule has 0 aliphatic heterocycles. The van der Waals surface area contributed by atoms with Gasteiger partial charge in [0.15, 0.2) is 5.78 Å². The Morgan fingerprint density at radius 2 is 1.94 bits per heavy atom. The Bertz CT molecular complexity index is 330. The van der Waals surface area contributed by atoms with Gasteiger partial charge in [0.25, 0.3) is 0 Å². The number of benzene rings is 1. The predicted octanol–water partition coefficient (Wildman–Crippen LogP) is 3.41. The van der Waals surface area contributed by atoms with E-state index in [1.54, 1.807) is 18.7 Å². The van der Waals surface area contributed by atoms with Crippen molar-refractivity contribution >= 4 is 17.5 Å². The van der Waals surface area contributed by atoms with Crippen LogP contribution in [0.5, 0.6) is 0 Å². The van der Waals surface area contributed by atoms with Crippen molar-refractivity contribution in [3.05, 3.63) is 29.8 Å². The van der Waals surface area contributed by atoms with E-state index >= 15 is 0 Å². The van der Waals surface area contributed by atoms with Gasteiger partial charge >= 0.3 is 0 Å². The summed E-state index contributed by atoms with van der Waals surface area (Å²) < 4.78 is 5.45. The Labute approximate surface area is 101 Å². The van der Waals surface area contributed by atoms with E-state index in [0.29, 0.717) is 6.10 Å². The standard InChI is InChI=1S/C13H18O2S/c1-10(2)15-8-9-16-13-6-4-12(5-7-13)11(3)14/h4-7,10H,8-9H2,1-3H3. The fourth-order valence-corrected chi connectivity index (χ4v) is 1.97. The Morgan fingerprint density at radius 1 is 1.31 bits per heavy atom. The molecule has 0 heterocycles. The largest absolute Gasteiger partial charge is 0.378 e. The second-order valence-electron chi connectivity index (χ2n) is 3.85. The zero-order valence-electron chi connectivity index (χ0n) is 10.0. The summed E-state index contributed by atoms with van der Waals surface area (Å²) >= 11 is 1.75. The second kappa shape index (κ2) is 6.71. The zero-order chi connectivity index (χ0) is 12.0. The van der Waals surface area contributed by atoms with Crippen LogP contribution in [0.3, 0.4) is 0 Å².